The molecular formula is C19H27N3O. The van der Waals surface area contributed by atoms with Crippen LogP contribution in [-0.4, -0.2) is 36.4 Å². The molecule has 3 rings (SSSR count). The van der Waals surface area contributed by atoms with Crippen LogP contribution in [0.25, 0.3) is 0 Å². The average molecular weight is 313 g/mol. The maximum atomic E-state index is 11.3. The molecule has 4 heteroatoms. The Morgan fingerprint density at radius 3 is 2.78 bits per heavy atom. The molecule has 1 saturated carbocycles. The van der Waals surface area contributed by atoms with Gasteiger partial charge in [0.25, 0.3) is 0 Å². The van der Waals surface area contributed by atoms with Gasteiger partial charge in [0.2, 0.25) is 0 Å². The Balaban J connectivity index is 1.86. The fraction of sp³-hybridized carbons (Fsp3) is 0.632. The molecule has 1 saturated heterocycles. The van der Waals surface area contributed by atoms with Crippen LogP contribution in [0.3, 0.4) is 0 Å². The van der Waals surface area contributed by atoms with E-state index in [1.807, 2.05) is 18.2 Å². The summed E-state index contributed by atoms with van der Waals surface area (Å²) in [4.78, 5) is 0. The van der Waals surface area contributed by atoms with Gasteiger partial charge in [0, 0.05) is 31.6 Å². The van der Waals surface area contributed by atoms with Gasteiger partial charge in [-0.25, -0.2) is 0 Å². The van der Waals surface area contributed by atoms with Crippen molar-refractivity contribution in [2.75, 3.05) is 19.6 Å². The summed E-state index contributed by atoms with van der Waals surface area (Å²) in [6.07, 6.45) is 6.07. The molecule has 3 N–H and O–H groups in total. The second kappa shape index (κ2) is 7.44. The zero-order chi connectivity index (χ0) is 16.1. The highest BCUT2D eigenvalue weighted by Crippen LogP contribution is 2.42. The van der Waals surface area contributed by atoms with Crippen molar-refractivity contribution in [1.82, 2.24) is 10.6 Å². The Kier molecular flexibility index (Phi) is 5.32. The molecule has 0 radical (unpaired) electrons. The quantitative estimate of drug-likeness (QED) is 0.798. The molecule has 0 bridgehead atoms. The van der Waals surface area contributed by atoms with Gasteiger partial charge in [-0.3, -0.25) is 0 Å². The lowest BCUT2D eigenvalue weighted by molar-refractivity contribution is -0.0269. The monoisotopic (exact) mass is 313 g/mol. The van der Waals surface area contributed by atoms with Crippen LogP contribution in [0.2, 0.25) is 0 Å². The third kappa shape index (κ3) is 3.92. The standard InChI is InChI=1S/C19H27N3O/c20-13-15-5-4-6-16(11-15)18(12-17-14-21-9-10-22-17)19(23)7-2-1-3-8-19/h4-6,11,17-18,21-23H,1-3,7-10,12,14H2. The Labute approximate surface area is 138 Å². The van der Waals surface area contributed by atoms with Gasteiger partial charge in [0.05, 0.1) is 17.2 Å². The van der Waals surface area contributed by atoms with E-state index in [4.69, 9.17) is 0 Å². The van der Waals surface area contributed by atoms with E-state index in [0.29, 0.717) is 11.6 Å². The SMILES string of the molecule is N#Cc1cccc(C(CC2CNCCN2)C2(O)CCCCC2)c1. The van der Waals surface area contributed by atoms with E-state index in [0.717, 1.165) is 57.3 Å². The van der Waals surface area contributed by atoms with Crippen LogP contribution in [0, 0.1) is 11.3 Å². The van der Waals surface area contributed by atoms with Crippen LogP contribution < -0.4 is 10.6 Å². The van der Waals surface area contributed by atoms with Crippen LogP contribution in [0.1, 0.15) is 55.6 Å². The number of benzene rings is 1. The van der Waals surface area contributed by atoms with Crippen molar-refractivity contribution in [2.45, 2.75) is 56.1 Å². The minimum atomic E-state index is -0.633. The summed E-state index contributed by atoms with van der Waals surface area (Å²) in [5, 5.41) is 27.6. The molecule has 2 fully saturated rings. The van der Waals surface area contributed by atoms with Crippen LogP contribution in [0.15, 0.2) is 24.3 Å². The topological polar surface area (TPSA) is 68.1 Å². The minimum absolute atomic E-state index is 0.0912. The number of nitrogens with zero attached hydrogens (tertiary/aromatic N) is 1. The van der Waals surface area contributed by atoms with Crippen LogP contribution >= 0.6 is 0 Å². The Morgan fingerprint density at radius 1 is 1.26 bits per heavy atom. The summed E-state index contributed by atoms with van der Waals surface area (Å²) in [6, 6.07) is 10.4. The second-order valence-corrected chi connectivity index (χ2v) is 7.04. The lowest BCUT2D eigenvalue weighted by atomic mass is 9.70. The highest BCUT2D eigenvalue weighted by atomic mass is 16.3. The summed E-state index contributed by atoms with van der Waals surface area (Å²) >= 11 is 0. The van der Waals surface area contributed by atoms with E-state index in [9.17, 15) is 10.4 Å². The molecule has 1 aromatic rings. The normalized spacial score (nSPS) is 25.5. The first-order valence-corrected chi connectivity index (χ1v) is 8.88. The van der Waals surface area contributed by atoms with Gasteiger partial charge in [0.15, 0.2) is 0 Å². The number of nitriles is 1. The first-order valence-electron chi connectivity index (χ1n) is 8.88. The molecule has 1 aromatic carbocycles. The fourth-order valence-corrected chi connectivity index (χ4v) is 4.17. The number of piperazine rings is 1. The van der Waals surface area contributed by atoms with E-state index in [1.54, 1.807) is 0 Å². The molecule has 2 unspecified atom stereocenters. The molecule has 4 nitrogen and oxygen atoms in total. The average Bonchev–Trinajstić information content (AvgIpc) is 2.61. The van der Waals surface area contributed by atoms with Crippen molar-refractivity contribution in [2.24, 2.45) is 0 Å². The van der Waals surface area contributed by atoms with Crippen molar-refractivity contribution < 1.29 is 5.11 Å². The van der Waals surface area contributed by atoms with E-state index in [1.165, 1.54) is 6.42 Å². The van der Waals surface area contributed by atoms with Gasteiger partial charge in [0.1, 0.15) is 0 Å². The third-order valence-electron chi connectivity index (χ3n) is 5.43. The van der Waals surface area contributed by atoms with Crippen LogP contribution in [-0.2, 0) is 0 Å². The predicted octanol–water partition coefficient (Wildman–Crippen LogP) is 2.29. The maximum Gasteiger partial charge on any atom is 0.0991 e. The van der Waals surface area contributed by atoms with Gasteiger partial charge in [-0.05, 0) is 37.0 Å². The first kappa shape index (κ1) is 16.4. The van der Waals surface area contributed by atoms with Crippen LogP contribution in [0.4, 0.5) is 0 Å². The lowest BCUT2D eigenvalue weighted by Gasteiger charge is -2.42. The van der Waals surface area contributed by atoms with Crippen molar-refractivity contribution in [3.05, 3.63) is 35.4 Å². The summed E-state index contributed by atoms with van der Waals surface area (Å²) < 4.78 is 0. The molecule has 1 aliphatic heterocycles. The molecule has 2 aliphatic rings. The number of nitrogens with one attached hydrogen (secondary N) is 2. The summed E-state index contributed by atoms with van der Waals surface area (Å²) in [5.41, 5.74) is 1.16. The molecule has 124 valence electrons. The molecule has 1 aliphatic carbocycles. The van der Waals surface area contributed by atoms with Crippen molar-refractivity contribution in [1.29, 1.82) is 5.26 Å². The summed E-state index contributed by atoms with van der Waals surface area (Å²) in [7, 11) is 0. The Morgan fingerprint density at radius 2 is 2.09 bits per heavy atom. The lowest BCUT2D eigenvalue weighted by Crippen LogP contribution is -2.51. The van der Waals surface area contributed by atoms with E-state index in [-0.39, 0.29) is 5.92 Å². The van der Waals surface area contributed by atoms with Gasteiger partial charge < -0.3 is 15.7 Å². The van der Waals surface area contributed by atoms with Gasteiger partial charge in [-0.15, -0.1) is 0 Å². The molecular weight excluding hydrogens is 286 g/mol. The fourth-order valence-electron chi connectivity index (χ4n) is 4.17. The van der Waals surface area contributed by atoms with E-state index in [2.05, 4.69) is 22.8 Å². The second-order valence-electron chi connectivity index (χ2n) is 7.04. The molecule has 0 amide bonds. The Bertz CT molecular complexity index is 554. The van der Waals surface area contributed by atoms with Gasteiger partial charge in [-0.1, -0.05) is 31.4 Å². The van der Waals surface area contributed by atoms with E-state index < -0.39 is 5.60 Å². The number of hydrogen-bond acceptors (Lipinski definition) is 4. The largest absolute Gasteiger partial charge is 0.389 e. The maximum absolute atomic E-state index is 11.3. The molecule has 23 heavy (non-hydrogen) atoms. The molecule has 2 atom stereocenters. The molecule has 0 aromatic heterocycles. The third-order valence-corrected chi connectivity index (χ3v) is 5.43. The highest BCUT2D eigenvalue weighted by Gasteiger charge is 2.39. The molecule has 1 heterocycles. The van der Waals surface area contributed by atoms with Gasteiger partial charge >= 0.3 is 0 Å². The Hall–Kier alpha value is -1.41. The number of hydrogen-bond donors (Lipinski definition) is 3. The number of rotatable bonds is 4. The smallest absolute Gasteiger partial charge is 0.0991 e. The van der Waals surface area contributed by atoms with Crippen molar-refractivity contribution >= 4 is 0 Å². The summed E-state index contributed by atoms with van der Waals surface area (Å²) in [6.45, 7) is 2.94. The molecule has 0 spiro atoms. The van der Waals surface area contributed by atoms with Gasteiger partial charge in [-0.2, -0.15) is 5.26 Å². The number of aliphatic hydroxyl groups is 1. The zero-order valence-corrected chi connectivity index (χ0v) is 13.7. The van der Waals surface area contributed by atoms with Crippen molar-refractivity contribution in [3.8, 4) is 6.07 Å². The first-order chi connectivity index (χ1) is 11.2. The zero-order valence-electron chi connectivity index (χ0n) is 13.7. The minimum Gasteiger partial charge on any atom is -0.389 e. The predicted molar refractivity (Wildman–Crippen MR) is 91.2 cm³/mol. The van der Waals surface area contributed by atoms with Crippen LogP contribution in [0.5, 0.6) is 0 Å². The van der Waals surface area contributed by atoms with E-state index >= 15 is 0 Å². The summed E-state index contributed by atoms with van der Waals surface area (Å²) in [5.74, 6) is 0.0912. The van der Waals surface area contributed by atoms with Crippen molar-refractivity contribution in [3.63, 3.8) is 0 Å². The highest BCUT2D eigenvalue weighted by molar-refractivity contribution is 5.36.